The van der Waals surface area contributed by atoms with E-state index in [1.807, 2.05) is 19.0 Å². The van der Waals surface area contributed by atoms with E-state index in [0.717, 1.165) is 6.54 Å². The molecule has 0 saturated carbocycles. The fraction of sp³-hybridized carbons (Fsp3) is 0.700. The normalized spacial score (nSPS) is 10.5. The molecule has 17 heavy (non-hydrogen) atoms. The van der Waals surface area contributed by atoms with Crippen molar-refractivity contribution in [2.45, 2.75) is 13.8 Å². The van der Waals surface area contributed by atoms with Gasteiger partial charge >= 0.3 is 5.97 Å². The fourth-order valence-electron chi connectivity index (χ4n) is 0.444. The summed E-state index contributed by atoms with van der Waals surface area (Å²) in [5.74, 6) is -0.514. The summed E-state index contributed by atoms with van der Waals surface area (Å²) in [5, 5.41) is 0. The molecule has 0 rings (SSSR count). The predicted molar refractivity (Wildman–Crippen MR) is 66.4 cm³/mol. The third kappa shape index (κ3) is 17.7. The lowest BCUT2D eigenvalue weighted by atomic mass is 10.4. The summed E-state index contributed by atoms with van der Waals surface area (Å²) in [6.07, 6.45) is 0. The van der Waals surface area contributed by atoms with Crippen LogP contribution in [0.3, 0.4) is 0 Å². The highest BCUT2D eigenvalue weighted by Crippen LogP contribution is 1.91. The van der Waals surface area contributed by atoms with Crippen molar-refractivity contribution in [1.82, 2.24) is 4.90 Å². The maximum atomic E-state index is 10.8. The lowest BCUT2D eigenvalue weighted by Crippen LogP contribution is -2.20. The van der Waals surface area contributed by atoms with Crippen LogP contribution in [-0.2, 0) is 19.6 Å². The minimum absolute atomic E-state index is 0.201. The van der Waals surface area contributed by atoms with E-state index in [4.69, 9.17) is 9.29 Å². The van der Waals surface area contributed by atoms with Gasteiger partial charge in [0, 0.05) is 12.1 Å². The molecule has 0 atom stereocenters. The van der Waals surface area contributed by atoms with Crippen molar-refractivity contribution in [2.24, 2.45) is 0 Å². The van der Waals surface area contributed by atoms with Crippen LogP contribution in [0.5, 0.6) is 0 Å². The molecule has 0 aliphatic heterocycles. The van der Waals surface area contributed by atoms with Crippen molar-refractivity contribution in [3.8, 4) is 0 Å². The van der Waals surface area contributed by atoms with Gasteiger partial charge in [0.15, 0.2) is 0 Å². The third-order valence-corrected chi connectivity index (χ3v) is 2.21. The Bertz CT molecular complexity index is 335. The van der Waals surface area contributed by atoms with E-state index in [2.05, 4.69) is 6.58 Å². The Hall–Kier alpha value is -0.920. The zero-order valence-electron chi connectivity index (χ0n) is 10.8. The van der Waals surface area contributed by atoms with Crippen molar-refractivity contribution >= 4 is 16.1 Å². The highest BCUT2D eigenvalue weighted by Gasteiger charge is 2.01. The smallest absolute Gasteiger partial charge is 0.333 e. The highest BCUT2D eigenvalue weighted by molar-refractivity contribution is 7.85. The molecule has 0 unspecified atom stereocenters. The van der Waals surface area contributed by atoms with Crippen LogP contribution in [0.15, 0.2) is 12.2 Å². The number of likely N-dealkylation sites (N-methyl/N-ethyl adjacent to an activating group) is 1. The summed E-state index contributed by atoms with van der Waals surface area (Å²) < 4.78 is 31.7. The van der Waals surface area contributed by atoms with Gasteiger partial charge in [0.2, 0.25) is 0 Å². The van der Waals surface area contributed by atoms with E-state index in [0.29, 0.717) is 12.2 Å². The molecule has 1 N–H and O–H groups in total. The van der Waals surface area contributed by atoms with Crippen LogP contribution in [0.25, 0.3) is 0 Å². The zero-order chi connectivity index (χ0) is 14.1. The minimum Gasteiger partial charge on any atom is -0.461 e. The molecular formula is C10H21NO5S. The van der Waals surface area contributed by atoms with Gasteiger partial charge in [0.05, 0.1) is 5.75 Å². The number of hydrogen-bond donors (Lipinski definition) is 1. The molecule has 7 heteroatoms. The number of rotatable bonds is 5. The molecule has 0 aromatic heterocycles. The third-order valence-electron chi connectivity index (χ3n) is 1.48. The van der Waals surface area contributed by atoms with Gasteiger partial charge in [0.25, 0.3) is 10.1 Å². The molecule has 0 aliphatic carbocycles. The lowest BCUT2D eigenvalue weighted by Gasteiger charge is -2.09. The minimum atomic E-state index is -3.66. The second-order valence-electron chi connectivity index (χ2n) is 3.59. The number of ether oxygens (including phenoxy) is 1. The Kier molecular flexibility index (Phi) is 9.92. The van der Waals surface area contributed by atoms with Gasteiger partial charge in [-0.05, 0) is 27.9 Å². The second-order valence-corrected chi connectivity index (χ2v) is 5.33. The topological polar surface area (TPSA) is 83.9 Å². The monoisotopic (exact) mass is 267 g/mol. The first-order chi connectivity index (χ1) is 7.60. The molecule has 6 nitrogen and oxygen atoms in total. The molecule has 0 bridgehead atoms. The molecule has 0 aliphatic rings. The number of hydrogen-bond acceptors (Lipinski definition) is 5. The molecule has 0 radical (unpaired) electrons. The molecule has 102 valence electrons. The van der Waals surface area contributed by atoms with Gasteiger partial charge in [-0.1, -0.05) is 6.58 Å². The summed E-state index contributed by atoms with van der Waals surface area (Å²) in [7, 11) is 0.188. The standard InChI is InChI=1S/C8H15NO2.C2H6O3S/c1-7(2)8(10)11-6-5-9(3)4;1-2-6(3,4)5/h1,5-6H2,2-4H3;2H2,1H3,(H,3,4,5). The maximum Gasteiger partial charge on any atom is 0.333 e. The fourth-order valence-corrected chi connectivity index (χ4v) is 0.444. The first kappa shape index (κ1) is 18.4. The van der Waals surface area contributed by atoms with Gasteiger partial charge in [-0.25, -0.2) is 4.79 Å². The molecule has 0 aromatic rings. The van der Waals surface area contributed by atoms with Crippen molar-refractivity contribution in [2.75, 3.05) is 33.0 Å². The van der Waals surface area contributed by atoms with E-state index in [1.54, 1.807) is 6.92 Å². The van der Waals surface area contributed by atoms with Gasteiger partial charge in [-0.15, -0.1) is 0 Å². The van der Waals surface area contributed by atoms with Crippen LogP contribution < -0.4 is 0 Å². The second kappa shape index (κ2) is 9.15. The highest BCUT2D eigenvalue weighted by atomic mass is 32.2. The van der Waals surface area contributed by atoms with Crippen molar-refractivity contribution in [3.63, 3.8) is 0 Å². The van der Waals surface area contributed by atoms with Gasteiger partial charge in [-0.2, -0.15) is 8.42 Å². The summed E-state index contributed by atoms with van der Waals surface area (Å²) in [5.41, 5.74) is 0.448. The number of carbonyl (C=O) groups is 1. The quantitative estimate of drug-likeness (QED) is 0.445. The van der Waals surface area contributed by atoms with Crippen LogP contribution >= 0.6 is 0 Å². The summed E-state index contributed by atoms with van der Waals surface area (Å²) in [6.45, 7) is 7.65. The molecule has 0 aromatic carbocycles. The number of nitrogens with zero attached hydrogens (tertiary/aromatic N) is 1. The van der Waals surface area contributed by atoms with Crippen LogP contribution in [0.1, 0.15) is 13.8 Å². The largest absolute Gasteiger partial charge is 0.461 e. The lowest BCUT2D eigenvalue weighted by molar-refractivity contribution is -0.139. The van der Waals surface area contributed by atoms with E-state index < -0.39 is 10.1 Å². The van der Waals surface area contributed by atoms with Crippen LogP contribution in [-0.4, -0.2) is 56.8 Å². The molecule has 0 heterocycles. The molecule has 0 amide bonds. The number of esters is 1. The van der Waals surface area contributed by atoms with Gasteiger partial charge in [-0.3, -0.25) is 4.55 Å². The zero-order valence-corrected chi connectivity index (χ0v) is 11.6. The van der Waals surface area contributed by atoms with Gasteiger partial charge in [0.1, 0.15) is 6.61 Å². The van der Waals surface area contributed by atoms with Crippen molar-refractivity contribution < 1.29 is 22.5 Å². The van der Waals surface area contributed by atoms with E-state index in [9.17, 15) is 13.2 Å². The first-order valence-corrected chi connectivity index (χ1v) is 6.63. The summed E-state index contributed by atoms with van der Waals surface area (Å²) in [4.78, 5) is 12.7. The SMILES string of the molecule is C=C(C)C(=O)OCCN(C)C.CCS(=O)(=O)O. The van der Waals surface area contributed by atoms with Crippen LogP contribution in [0.4, 0.5) is 0 Å². The van der Waals surface area contributed by atoms with Crippen molar-refractivity contribution in [3.05, 3.63) is 12.2 Å². The average Bonchev–Trinajstić information content (AvgIpc) is 2.16. The van der Waals surface area contributed by atoms with Crippen LogP contribution in [0, 0.1) is 0 Å². The Morgan fingerprint density at radius 1 is 1.41 bits per heavy atom. The molecule has 0 saturated heterocycles. The van der Waals surface area contributed by atoms with Crippen molar-refractivity contribution in [1.29, 1.82) is 0 Å². The summed E-state index contributed by atoms with van der Waals surface area (Å²) >= 11 is 0. The van der Waals surface area contributed by atoms with Crippen LogP contribution in [0.2, 0.25) is 0 Å². The Morgan fingerprint density at radius 2 is 1.82 bits per heavy atom. The number of carbonyl (C=O) groups excluding carboxylic acids is 1. The van der Waals surface area contributed by atoms with Gasteiger partial charge < -0.3 is 9.64 Å². The Labute approximate surface area is 103 Å². The maximum absolute atomic E-state index is 10.8. The van der Waals surface area contributed by atoms with E-state index in [1.165, 1.54) is 6.92 Å². The molecular weight excluding hydrogens is 246 g/mol. The van der Waals surface area contributed by atoms with E-state index in [-0.39, 0.29) is 11.7 Å². The molecule has 0 fully saturated rings. The summed E-state index contributed by atoms with van der Waals surface area (Å²) in [6, 6.07) is 0. The Balaban J connectivity index is 0. The molecule has 0 spiro atoms. The Morgan fingerprint density at radius 3 is 2.06 bits per heavy atom. The van der Waals surface area contributed by atoms with E-state index >= 15 is 0 Å². The predicted octanol–water partition coefficient (Wildman–Crippen LogP) is 0.561. The average molecular weight is 267 g/mol. The first-order valence-electron chi connectivity index (χ1n) is 5.02.